The van der Waals surface area contributed by atoms with E-state index in [1.54, 1.807) is 0 Å². The molecule has 0 aliphatic heterocycles. The molecule has 0 N–H and O–H groups in total. The molecule has 0 bridgehead atoms. The van der Waals surface area contributed by atoms with Crippen molar-refractivity contribution < 1.29 is 4.74 Å². The fourth-order valence-corrected chi connectivity index (χ4v) is 2.72. The van der Waals surface area contributed by atoms with E-state index in [-0.39, 0.29) is 0 Å². The fourth-order valence-electron chi connectivity index (χ4n) is 2.55. The van der Waals surface area contributed by atoms with Gasteiger partial charge in [0, 0.05) is 5.33 Å². The first-order valence-corrected chi connectivity index (χ1v) is 9.10. The highest BCUT2D eigenvalue weighted by molar-refractivity contribution is 9.09. The molecule has 0 radical (unpaired) electrons. The van der Waals surface area contributed by atoms with Gasteiger partial charge in [-0.05, 0) is 40.5 Å². The summed E-state index contributed by atoms with van der Waals surface area (Å²) < 4.78 is 5.65. The maximum absolute atomic E-state index is 5.65. The predicted molar refractivity (Wildman–Crippen MR) is 106 cm³/mol. The van der Waals surface area contributed by atoms with Gasteiger partial charge in [0.2, 0.25) is 0 Å². The standard InChI is InChI=1S/C22H19BrO/c23-15-16-24-21-13-11-20(12-14-21)22(19-9-5-2-6-10-19)17-18-7-3-1-4-8-18/h1-14,17H,15-16H2/b22-17+. The number of halogens is 1. The van der Waals surface area contributed by atoms with Crippen molar-refractivity contribution in [3.05, 3.63) is 102 Å². The average molecular weight is 379 g/mol. The summed E-state index contributed by atoms with van der Waals surface area (Å²) >= 11 is 3.38. The smallest absolute Gasteiger partial charge is 0.119 e. The van der Waals surface area contributed by atoms with Gasteiger partial charge >= 0.3 is 0 Å². The topological polar surface area (TPSA) is 9.23 Å². The molecule has 3 aromatic carbocycles. The lowest BCUT2D eigenvalue weighted by Gasteiger charge is -2.11. The van der Waals surface area contributed by atoms with Crippen molar-refractivity contribution in [2.45, 2.75) is 0 Å². The Morgan fingerprint density at radius 1 is 0.750 bits per heavy atom. The molecule has 0 fully saturated rings. The van der Waals surface area contributed by atoms with Crippen molar-refractivity contribution in [2.24, 2.45) is 0 Å². The lowest BCUT2D eigenvalue weighted by molar-refractivity contribution is 0.345. The first-order valence-electron chi connectivity index (χ1n) is 7.98. The molecule has 120 valence electrons. The van der Waals surface area contributed by atoms with Crippen molar-refractivity contribution in [1.82, 2.24) is 0 Å². The van der Waals surface area contributed by atoms with Crippen molar-refractivity contribution in [1.29, 1.82) is 0 Å². The van der Waals surface area contributed by atoms with Crippen LogP contribution < -0.4 is 4.74 Å². The van der Waals surface area contributed by atoms with E-state index >= 15 is 0 Å². The Hall–Kier alpha value is -2.32. The Bertz CT molecular complexity index is 777. The summed E-state index contributed by atoms with van der Waals surface area (Å²) in [5.41, 5.74) is 4.77. The minimum Gasteiger partial charge on any atom is -0.493 e. The second kappa shape index (κ2) is 8.51. The summed E-state index contributed by atoms with van der Waals surface area (Å²) in [6.45, 7) is 0.671. The number of ether oxygens (including phenoxy) is 1. The normalized spacial score (nSPS) is 11.3. The van der Waals surface area contributed by atoms with E-state index in [4.69, 9.17) is 4.74 Å². The molecule has 0 aliphatic carbocycles. The maximum atomic E-state index is 5.65. The number of alkyl halides is 1. The van der Waals surface area contributed by atoms with Gasteiger partial charge in [-0.2, -0.15) is 0 Å². The van der Waals surface area contributed by atoms with Crippen LogP contribution in [-0.4, -0.2) is 11.9 Å². The minimum atomic E-state index is 0.671. The molecular weight excluding hydrogens is 360 g/mol. The van der Waals surface area contributed by atoms with Crippen molar-refractivity contribution >= 4 is 27.6 Å². The van der Waals surface area contributed by atoms with E-state index in [1.807, 2.05) is 24.3 Å². The number of hydrogen-bond donors (Lipinski definition) is 0. The van der Waals surface area contributed by atoms with Gasteiger partial charge in [-0.3, -0.25) is 0 Å². The summed E-state index contributed by atoms with van der Waals surface area (Å²) in [5, 5.41) is 0.831. The van der Waals surface area contributed by atoms with Crippen LogP contribution in [0.25, 0.3) is 11.6 Å². The first kappa shape index (κ1) is 16.5. The predicted octanol–water partition coefficient (Wildman–Crippen LogP) is 6.05. The zero-order chi connectivity index (χ0) is 16.6. The fraction of sp³-hybridized carbons (Fsp3) is 0.0909. The average Bonchev–Trinajstić information content (AvgIpc) is 2.66. The third-order valence-electron chi connectivity index (χ3n) is 3.71. The van der Waals surface area contributed by atoms with Crippen LogP contribution in [0.15, 0.2) is 84.9 Å². The van der Waals surface area contributed by atoms with Crippen LogP contribution >= 0.6 is 15.9 Å². The maximum Gasteiger partial charge on any atom is 0.119 e. The van der Waals surface area contributed by atoms with E-state index in [9.17, 15) is 0 Å². The van der Waals surface area contributed by atoms with Gasteiger partial charge in [-0.25, -0.2) is 0 Å². The number of benzene rings is 3. The molecule has 0 heterocycles. The van der Waals surface area contributed by atoms with Crippen LogP contribution in [0.5, 0.6) is 5.75 Å². The molecule has 0 atom stereocenters. The van der Waals surface area contributed by atoms with Gasteiger partial charge in [-0.1, -0.05) is 88.7 Å². The molecule has 0 unspecified atom stereocenters. The molecule has 0 aliphatic rings. The second-order valence-electron chi connectivity index (χ2n) is 5.40. The van der Waals surface area contributed by atoms with Crippen LogP contribution in [-0.2, 0) is 0 Å². The van der Waals surface area contributed by atoms with E-state index in [1.165, 1.54) is 22.3 Å². The largest absolute Gasteiger partial charge is 0.493 e. The summed E-state index contributed by atoms with van der Waals surface area (Å²) in [6, 6.07) is 29.2. The number of rotatable bonds is 6. The first-order chi connectivity index (χ1) is 11.9. The molecular formula is C22H19BrO. The van der Waals surface area contributed by atoms with E-state index < -0.39 is 0 Å². The zero-order valence-corrected chi connectivity index (χ0v) is 14.9. The third kappa shape index (κ3) is 4.36. The molecule has 0 amide bonds. The van der Waals surface area contributed by atoms with Crippen LogP contribution in [0, 0.1) is 0 Å². The van der Waals surface area contributed by atoms with Gasteiger partial charge < -0.3 is 4.74 Å². The van der Waals surface area contributed by atoms with Gasteiger partial charge in [-0.15, -0.1) is 0 Å². The van der Waals surface area contributed by atoms with E-state index in [0.717, 1.165) is 11.1 Å². The monoisotopic (exact) mass is 378 g/mol. The Balaban J connectivity index is 1.97. The molecule has 0 saturated carbocycles. The second-order valence-corrected chi connectivity index (χ2v) is 6.19. The van der Waals surface area contributed by atoms with Crippen LogP contribution in [0.4, 0.5) is 0 Å². The van der Waals surface area contributed by atoms with E-state index in [0.29, 0.717) is 6.61 Å². The number of hydrogen-bond acceptors (Lipinski definition) is 1. The van der Waals surface area contributed by atoms with Gasteiger partial charge in [0.15, 0.2) is 0 Å². The molecule has 24 heavy (non-hydrogen) atoms. The third-order valence-corrected chi connectivity index (χ3v) is 4.03. The highest BCUT2D eigenvalue weighted by Crippen LogP contribution is 2.27. The molecule has 0 spiro atoms. The van der Waals surface area contributed by atoms with E-state index in [2.05, 4.69) is 82.7 Å². The highest BCUT2D eigenvalue weighted by Gasteiger charge is 2.06. The zero-order valence-electron chi connectivity index (χ0n) is 13.4. The molecule has 3 rings (SSSR count). The summed E-state index contributed by atoms with van der Waals surface area (Å²) in [5.74, 6) is 0.894. The van der Waals surface area contributed by atoms with Gasteiger partial charge in [0.1, 0.15) is 5.75 Å². The minimum absolute atomic E-state index is 0.671. The summed E-state index contributed by atoms with van der Waals surface area (Å²) in [4.78, 5) is 0. The Morgan fingerprint density at radius 2 is 1.33 bits per heavy atom. The van der Waals surface area contributed by atoms with Crippen molar-refractivity contribution in [2.75, 3.05) is 11.9 Å². The molecule has 0 saturated heterocycles. The van der Waals surface area contributed by atoms with Crippen molar-refractivity contribution in [3.8, 4) is 5.75 Å². The molecule has 3 aromatic rings. The molecule has 1 nitrogen and oxygen atoms in total. The van der Waals surface area contributed by atoms with Crippen molar-refractivity contribution in [3.63, 3.8) is 0 Å². The Morgan fingerprint density at radius 3 is 1.96 bits per heavy atom. The Labute approximate surface area is 151 Å². The van der Waals surface area contributed by atoms with Crippen LogP contribution in [0.2, 0.25) is 0 Å². The van der Waals surface area contributed by atoms with Gasteiger partial charge in [0.05, 0.1) is 6.61 Å². The molecule has 0 aromatic heterocycles. The lowest BCUT2D eigenvalue weighted by atomic mass is 9.95. The summed E-state index contributed by atoms with van der Waals surface area (Å²) in [7, 11) is 0. The molecule has 2 heteroatoms. The van der Waals surface area contributed by atoms with Gasteiger partial charge in [0.25, 0.3) is 0 Å². The SMILES string of the molecule is BrCCOc1ccc(/C(=C/c2ccccc2)c2ccccc2)cc1. The highest BCUT2D eigenvalue weighted by atomic mass is 79.9. The summed E-state index contributed by atoms with van der Waals surface area (Å²) in [6.07, 6.45) is 2.23. The van der Waals surface area contributed by atoms with Crippen LogP contribution in [0.1, 0.15) is 16.7 Å². The van der Waals surface area contributed by atoms with Crippen LogP contribution in [0.3, 0.4) is 0 Å². The Kier molecular flexibility index (Phi) is 5.86. The lowest BCUT2D eigenvalue weighted by Crippen LogP contribution is -1.97. The quantitative estimate of drug-likeness (QED) is 0.374.